The number of aromatic nitrogens is 4. The second-order valence-electron chi connectivity index (χ2n) is 7.02. The van der Waals surface area contributed by atoms with Crippen LogP contribution in [0.4, 0.5) is 5.82 Å². The van der Waals surface area contributed by atoms with Crippen molar-refractivity contribution >= 4 is 22.9 Å². The monoisotopic (exact) mass is 390 g/mol. The number of fused-ring (bicyclic) bond motifs is 1. The summed E-state index contributed by atoms with van der Waals surface area (Å²) in [5.74, 6) is 1.53. The third-order valence-corrected chi connectivity index (χ3v) is 6.22. The summed E-state index contributed by atoms with van der Waals surface area (Å²) in [6, 6.07) is 17.0. The van der Waals surface area contributed by atoms with E-state index in [4.69, 9.17) is 0 Å². The van der Waals surface area contributed by atoms with Crippen LogP contribution in [0.5, 0.6) is 0 Å². The van der Waals surface area contributed by atoms with Crippen LogP contribution in [0.1, 0.15) is 23.8 Å². The quantitative estimate of drug-likeness (QED) is 0.537. The first-order valence-corrected chi connectivity index (χ1v) is 10.5. The molecule has 0 aliphatic carbocycles. The predicted molar refractivity (Wildman–Crippen MR) is 113 cm³/mol. The molecule has 4 aromatic rings. The van der Waals surface area contributed by atoms with Crippen molar-refractivity contribution in [2.45, 2.75) is 18.9 Å². The van der Waals surface area contributed by atoms with E-state index in [0.717, 1.165) is 36.7 Å². The maximum Gasteiger partial charge on any atom is 0.254 e. The molecule has 0 saturated carbocycles. The standard InChI is InChI=1S/C21H22N6S/c1-2-7-16(8-3-1)17-13-20(27-21(25-17)23-15-24-27)22-14-18(19-9-6-12-28-19)26-10-4-5-11-26/h1-3,6-9,12-13,15,18,22H,4-5,10-11,14H2. The van der Waals surface area contributed by atoms with Crippen molar-refractivity contribution in [2.24, 2.45) is 0 Å². The van der Waals surface area contributed by atoms with Crippen LogP contribution in [0.15, 0.2) is 60.2 Å². The third-order valence-electron chi connectivity index (χ3n) is 5.25. The highest BCUT2D eigenvalue weighted by Crippen LogP contribution is 2.29. The number of hydrogen-bond donors (Lipinski definition) is 1. The van der Waals surface area contributed by atoms with E-state index >= 15 is 0 Å². The van der Waals surface area contributed by atoms with E-state index in [1.807, 2.05) is 29.5 Å². The number of thiophene rings is 1. The number of nitrogens with one attached hydrogen (secondary N) is 1. The minimum absolute atomic E-state index is 0.370. The van der Waals surface area contributed by atoms with Gasteiger partial charge in [-0.2, -0.15) is 14.6 Å². The van der Waals surface area contributed by atoms with Gasteiger partial charge in [0.25, 0.3) is 5.78 Å². The van der Waals surface area contributed by atoms with Gasteiger partial charge in [-0.1, -0.05) is 36.4 Å². The highest BCUT2D eigenvalue weighted by molar-refractivity contribution is 7.10. The Kier molecular flexibility index (Phi) is 4.76. The largest absolute Gasteiger partial charge is 0.368 e. The van der Waals surface area contributed by atoms with Crippen LogP contribution >= 0.6 is 11.3 Å². The molecule has 1 atom stereocenters. The molecule has 5 rings (SSSR count). The Morgan fingerprint density at radius 3 is 2.71 bits per heavy atom. The Hall–Kier alpha value is -2.77. The lowest BCUT2D eigenvalue weighted by Gasteiger charge is -2.27. The highest BCUT2D eigenvalue weighted by Gasteiger charge is 2.24. The van der Waals surface area contributed by atoms with Gasteiger partial charge in [0, 0.05) is 23.1 Å². The molecule has 4 heterocycles. The van der Waals surface area contributed by atoms with E-state index in [1.165, 1.54) is 17.7 Å². The van der Waals surface area contributed by atoms with E-state index in [9.17, 15) is 0 Å². The number of nitrogens with zero attached hydrogens (tertiary/aromatic N) is 5. The molecular weight excluding hydrogens is 368 g/mol. The third kappa shape index (κ3) is 3.39. The zero-order chi connectivity index (χ0) is 18.8. The minimum Gasteiger partial charge on any atom is -0.368 e. The normalized spacial score (nSPS) is 15.9. The summed E-state index contributed by atoms with van der Waals surface area (Å²) in [6.07, 6.45) is 4.12. The van der Waals surface area contributed by atoms with Crippen LogP contribution in [0.2, 0.25) is 0 Å². The molecule has 6 nitrogen and oxygen atoms in total. The summed E-state index contributed by atoms with van der Waals surface area (Å²) in [6.45, 7) is 3.15. The second-order valence-corrected chi connectivity index (χ2v) is 8.00. The lowest BCUT2D eigenvalue weighted by molar-refractivity contribution is 0.259. The summed E-state index contributed by atoms with van der Waals surface area (Å²) in [4.78, 5) is 13.0. The molecule has 1 aliphatic rings. The number of likely N-dealkylation sites (tertiary alicyclic amines) is 1. The topological polar surface area (TPSA) is 58.4 Å². The lowest BCUT2D eigenvalue weighted by Crippen LogP contribution is -2.30. The van der Waals surface area contributed by atoms with Crippen molar-refractivity contribution in [2.75, 3.05) is 25.0 Å². The van der Waals surface area contributed by atoms with Crippen LogP contribution in [0.25, 0.3) is 17.0 Å². The number of hydrogen-bond acceptors (Lipinski definition) is 6. The zero-order valence-corrected chi connectivity index (χ0v) is 16.3. The lowest BCUT2D eigenvalue weighted by atomic mass is 10.1. The fourth-order valence-corrected chi connectivity index (χ4v) is 4.70. The molecule has 1 N–H and O–H groups in total. The van der Waals surface area contributed by atoms with Gasteiger partial charge < -0.3 is 5.32 Å². The van der Waals surface area contributed by atoms with Crippen molar-refractivity contribution in [1.82, 2.24) is 24.5 Å². The molecule has 3 aromatic heterocycles. The molecule has 0 spiro atoms. The summed E-state index contributed by atoms with van der Waals surface area (Å²) in [5.41, 5.74) is 1.97. The van der Waals surface area contributed by atoms with Gasteiger partial charge in [0.2, 0.25) is 0 Å². The first-order chi connectivity index (χ1) is 13.9. The van der Waals surface area contributed by atoms with Gasteiger partial charge in [0.1, 0.15) is 12.1 Å². The number of rotatable bonds is 6. The van der Waals surface area contributed by atoms with Gasteiger partial charge in [-0.3, -0.25) is 4.90 Å². The van der Waals surface area contributed by atoms with E-state index in [-0.39, 0.29) is 0 Å². The molecule has 1 aliphatic heterocycles. The van der Waals surface area contributed by atoms with Crippen molar-refractivity contribution in [3.05, 3.63) is 65.1 Å². The van der Waals surface area contributed by atoms with Gasteiger partial charge >= 0.3 is 0 Å². The molecule has 28 heavy (non-hydrogen) atoms. The van der Waals surface area contributed by atoms with Crippen LogP contribution in [0.3, 0.4) is 0 Å². The summed E-state index contributed by atoms with van der Waals surface area (Å²) in [5, 5.41) is 10.2. The first kappa shape index (κ1) is 17.3. The number of benzene rings is 1. The van der Waals surface area contributed by atoms with E-state index in [2.05, 4.69) is 61.0 Å². The van der Waals surface area contributed by atoms with Gasteiger partial charge in [-0.25, -0.2) is 4.98 Å². The summed E-state index contributed by atoms with van der Waals surface area (Å²) < 4.78 is 1.78. The average Bonchev–Trinajstić information content (AvgIpc) is 3.51. The Balaban J connectivity index is 1.46. The minimum atomic E-state index is 0.370. The van der Waals surface area contributed by atoms with Crippen LogP contribution in [0, 0.1) is 0 Å². The Labute approximate surface area is 167 Å². The van der Waals surface area contributed by atoms with Crippen LogP contribution in [-0.4, -0.2) is 44.1 Å². The van der Waals surface area contributed by atoms with E-state index in [0.29, 0.717) is 11.8 Å². The molecule has 1 aromatic carbocycles. The number of anilines is 1. The maximum atomic E-state index is 4.66. The fourth-order valence-electron chi connectivity index (χ4n) is 3.84. The van der Waals surface area contributed by atoms with Gasteiger partial charge in [-0.05, 0) is 37.4 Å². The van der Waals surface area contributed by atoms with Crippen molar-refractivity contribution < 1.29 is 0 Å². The SMILES string of the molecule is c1ccc(-c2cc(NCC(c3cccs3)N3CCCC3)n3ncnc3n2)cc1. The van der Waals surface area contributed by atoms with Gasteiger partial charge in [-0.15, -0.1) is 11.3 Å². The van der Waals surface area contributed by atoms with Gasteiger partial charge in [0.05, 0.1) is 11.7 Å². The van der Waals surface area contributed by atoms with Gasteiger partial charge in [0.15, 0.2) is 0 Å². The van der Waals surface area contributed by atoms with Crippen molar-refractivity contribution in [3.63, 3.8) is 0 Å². The first-order valence-electron chi connectivity index (χ1n) is 9.66. The summed E-state index contributed by atoms with van der Waals surface area (Å²) >= 11 is 1.83. The Morgan fingerprint density at radius 2 is 1.93 bits per heavy atom. The molecule has 7 heteroatoms. The van der Waals surface area contributed by atoms with E-state index < -0.39 is 0 Å². The highest BCUT2D eigenvalue weighted by atomic mass is 32.1. The average molecular weight is 391 g/mol. The van der Waals surface area contributed by atoms with Crippen molar-refractivity contribution in [3.8, 4) is 11.3 Å². The Morgan fingerprint density at radius 1 is 1.07 bits per heavy atom. The molecule has 1 fully saturated rings. The fraction of sp³-hybridized carbons (Fsp3) is 0.286. The zero-order valence-electron chi connectivity index (χ0n) is 15.5. The summed E-state index contributed by atoms with van der Waals surface area (Å²) in [7, 11) is 0. The molecular formula is C21H22N6S. The molecule has 1 saturated heterocycles. The molecule has 0 amide bonds. The maximum absolute atomic E-state index is 4.66. The Bertz CT molecular complexity index is 1040. The van der Waals surface area contributed by atoms with Crippen molar-refractivity contribution in [1.29, 1.82) is 0 Å². The molecule has 142 valence electrons. The smallest absolute Gasteiger partial charge is 0.254 e. The molecule has 0 bridgehead atoms. The van der Waals surface area contributed by atoms with Crippen LogP contribution in [-0.2, 0) is 0 Å². The molecule has 1 unspecified atom stereocenters. The second kappa shape index (κ2) is 7.69. The van der Waals surface area contributed by atoms with Crippen LogP contribution < -0.4 is 5.32 Å². The molecule has 0 radical (unpaired) electrons. The predicted octanol–water partition coefficient (Wildman–Crippen LogP) is 4.10. The van der Waals surface area contributed by atoms with E-state index in [1.54, 1.807) is 10.8 Å².